The molecule has 26 heavy (non-hydrogen) atoms. The zero-order valence-electron chi connectivity index (χ0n) is 15.5. The molecule has 0 saturated carbocycles. The van der Waals surface area contributed by atoms with Crippen LogP contribution in [0.3, 0.4) is 0 Å². The van der Waals surface area contributed by atoms with Crippen molar-refractivity contribution in [1.29, 1.82) is 0 Å². The summed E-state index contributed by atoms with van der Waals surface area (Å²) in [6.45, 7) is 6.84. The minimum absolute atomic E-state index is 0.0166. The number of hydrogen-bond acceptors (Lipinski definition) is 7. The van der Waals surface area contributed by atoms with Gasteiger partial charge >= 0.3 is 12.1 Å². The van der Waals surface area contributed by atoms with Crippen LogP contribution >= 0.6 is 0 Å². The van der Waals surface area contributed by atoms with Crippen LogP contribution in [0.1, 0.15) is 27.2 Å². The highest BCUT2D eigenvalue weighted by Crippen LogP contribution is 2.25. The largest absolute Gasteiger partial charge is 0.497 e. The molecule has 1 atom stereocenters. The Hall–Kier alpha value is -2.77. The summed E-state index contributed by atoms with van der Waals surface area (Å²) >= 11 is 0. The first-order valence-corrected chi connectivity index (χ1v) is 8.56. The lowest BCUT2D eigenvalue weighted by molar-refractivity contribution is 0.0509. The van der Waals surface area contributed by atoms with E-state index in [1.54, 1.807) is 7.11 Å². The third-order valence-corrected chi connectivity index (χ3v) is 3.92. The standard InChI is InChI=1S/C18H24N4O4/c1-18(2,3)25-17(23)19-13-8-9-22(11-13)16-20-15(21-26-16)12-6-5-7-14(10-12)24-4/h5-7,10,13H,8-9,11H2,1-4H3,(H,19,23). The average molecular weight is 360 g/mol. The number of amides is 1. The van der Waals surface area contributed by atoms with Crippen molar-refractivity contribution in [2.45, 2.75) is 38.8 Å². The van der Waals surface area contributed by atoms with Crippen LogP contribution in [0.25, 0.3) is 11.4 Å². The summed E-state index contributed by atoms with van der Waals surface area (Å²) in [5.74, 6) is 1.24. The molecule has 1 N–H and O–H groups in total. The molecule has 0 aliphatic carbocycles. The van der Waals surface area contributed by atoms with Crippen molar-refractivity contribution >= 4 is 12.1 Å². The van der Waals surface area contributed by atoms with Gasteiger partial charge in [-0.1, -0.05) is 17.3 Å². The Balaban J connectivity index is 1.61. The molecule has 1 unspecified atom stereocenters. The van der Waals surface area contributed by atoms with E-state index in [0.29, 0.717) is 18.4 Å². The molecular formula is C18H24N4O4. The third kappa shape index (κ3) is 4.44. The maximum absolute atomic E-state index is 11.9. The summed E-state index contributed by atoms with van der Waals surface area (Å²) in [6.07, 6.45) is 0.378. The van der Waals surface area contributed by atoms with Crippen molar-refractivity contribution in [3.05, 3.63) is 24.3 Å². The first-order chi connectivity index (χ1) is 12.3. The SMILES string of the molecule is COc1cccc(-c2noc(N3CCC(NC(=O)OC(C)(C)C)C3)n2)c1. The lowest BCUT2D eigenvalue weighted by Crippen LogP contribution is -2.40. The number of methoxy groups -OCH3 is 1. The number of nitrogens with zero attached hydrogens (tertiary/aromatic N) is 3. The monoisotopic (exact) mass is 360 g/mol. The third-order valence-electron chi connectivity index (χ3n) is 3.92. The number of carbonyl (C=O) groups is 1. The van der Waals surface area contributed by atoms with Crippen LogP contribution < -0.4 is 15.0 Å². The highest BCUT2D eigenvalue weighted by molar-refractivity contribution is 5.68. The fraction of sp³-hybridized carbons (Fsp3) is 0.500. The van der Waals surface area contributed by atoms with Crippen molar-refractivity contribution in [2.24, 2.45) is 0 Å². The normalized spacial score (nSPS) is 17.2. The second-order valence-electron chi connectivity index (χ2n) is 7.21. The van der Waals surface area contributed by atoms with Gasteiger partial charge in [0.1, 0.15) is 11.4 Å². The smallest absolute Gasteiger partial charge is 0.407 e. The highest BCUT2D eigenvalue weighted by Gasteiger charge is 2.29. The van der Waals surface area contributed by atoms with Crippen molar-refractivity contribution in [3.8, 4) is 17.1 Å². The first-order valence-electron chi connectivity index (χ1n) is 8.56. The molecular weight excluding hydrogens is 336 g/mol. The summed E-state index contributed by atoms with van der Waals surface area (Å²) < 4.78 is 15.9. The van der Waals surface area contributed by atoms with Gasteiger partial charge in [0.2, 0.25) is 5.82 Å². The zero-order chi connectivity index (χ0) is 18.7. The molecule has 1 aromatic carbocycles. The highest BCUT2D eigenvalue weighted by atomic mass is 16.6. The van der Waals surface area contributed by atoms with Gasteiger partial charge < -0.3 is 24.2 Å². The van der Waals surface area contributed by atoms with Gasteiger partial charge in [0.05, 0.1) is 13.2 Å². The molecule has 0 bridgehead atoms. The number of anilines is 1. The van der Waals surface area contributed by atoms with Crippen LogP contribution in [0.15, 0.2) is 28.8 Å². The molecule has 1 aliphatic rings. The maximum Gasteiger partial charge on any atom is 0.407 e. The van der Waals surface area contributed by atoms with Gasteiger partial charge in [0.25, 0.3) is 0 Å². The van der Waals surface area contributed by atoms with Crippen LogP contribution in [0.2, 0.25) is 0 Å². The maximum atomic E-state index is 11.9. The summed E-state index contributed by atoms with van der Waals surface area (Å²) in [4.78, 5) is 18.3. The van der Waals surface area contributed by atoms with Crippen molar-refractivity contribution in [2.75, 3.05) is 25.1 Å². The Kier molecular flexibility index (Phi) is 5.01. The predicted octanol–water partition coefficient (Wildman–Crippen LogP) is 2.85. The summed E-state index contributed by atoms with van der Waals surface area (Å²) in [7, 11) is 1.61. The van der Waals surface area contributed by atoms with E-state index >= 15 is 0 Å². The molecule has 3 rings (SSSR count). The molecule has 1 amide bonds. The number of aromatic nitrogens is 2. The van der Waals surface area contributed by atoms with E-state index in [1.165, 1.54) is 0 Å². The molecule has 1 fully saturated rings. The van der Waals surface area contributed by atoms with E-state index in [2.05, 4.69) is 15.5 Å². The van der Waals surface area contributed by atoms with Gasteiger partial charge in [-0.3, -0.25) is 0 Å². The Morgan fingerprint density at radius 2 is 2.19 bits per heavy atom. The lowest BCUT2D eigenvalue weighted by atomic mass is 10.2. The number of alkyl carbamates (subject to hydrolysis) is 1. The van der Waals surface area contributed by atoms with Crippen LogP contribution in [0, 0.1) is 0 Å². The van der Waals surface area contributed by atoms with E-state index in [4.69, 9.17) is 14.0 Å². The first kappa shape index (κ1) is 18.0. The lowest BCUT2D eigenvalue weighted by Gasteiger charge is -2.21. The van der Waals surface area contributed by atoms with Crippen LogP contribution in [0.5, 0.6) is 5.75 Å². The van der Waals surface area contributed by atoms with Gasteiger partial charge in [-0.15, -0.1) is 0 Å². The minimum atomic E-state index is -0.513. The van der Waals surface area contributed by atoms with Crippen molar-refractivity contribution in [3.63, 3.8) is 0 Å². The van der Waals surface area contributed by atoms with E-state index in [0.717, 1.165) is 24.3 Å². The molecule has 2 aromatic rings. The number of carbonyl (C=O) groups excluding carboxylic acids is 1. The fourth-order valence-corrected chi connectivity index (χ4v) is 2.75. The Bertz CT molecular complexity index is 769. The molecule has 0 radical (unpaired) electrons. The molecule has 1 aliphatic heterocycles. The fourth-order valence-electron chi connectivity index (χ4n) is 2.75. The molecule has 140 valence electrons. The van der Waals surface area contributed by atoms with E-state index in [1.807, 2.05) is 49.9 Å². The number of ether oxygens (including phenoxy) is 2. The van der Waals surface area contributed by atoms with Crippen molar-refractivity contribution in [1.82, 2.24) is 15.5 Å². The summed E-state index contributed by atoms with van der Waals surface area (Å²) in [6, 6.07) is 7.91. The number of hydrogen-bond donors (Lipinski definition) is 1. The Labute approximate surface area is 152 Å². The number of rotatable bonds is 4. The average Bonchev–Trinajstić information content (AvgIpc) is 3.22. The molecule has 1 saturated heterocycles. The minimum Gasteiger partial charge on any atom is -0.497 e. The van der Waals surface area contributed by atoms with Gasteiger partial charge in [0, 0.05) is 18.7 Å². The molecule has 1 aromatic heterocycles. The number of nitrogens with one attached hydrogen (secondary N) is 1. The quantitative estimate of drug-likeness (QED) is 0.896. The van der Waals surface area contributed by atoms with E-state index in [-0.39, 0.29) is 6.04 Å². The van der Waals surface area contributed by atoms with Crippen LogP contribution in [0.4, 0.5) is 10.8 Å². The molecule has 0 spiro atoms. The van der Waals surface area contributed by atoms with Crippen LogP contribution in [-0.4, -0.2) is 48.1 Å². The summed E-state index contributed by atoms with van der Waals surface area (Å²) in [5.41, 5.74) is 0.308. The molecule has 2 heterocycles. The summed E-state index contributed by atoms with van der Waals surface area (Å²) in [5, 5.41) is 6.92. The predicted molar refractivity (Wildman–Crippen MR) is 96.3 cm³/mol. The molecule has 8 heteroatoms. The molecule has 8 nitrogen and oxygen atoms in total. The van der Waals surface area contributed by atoms with Gasteiger partial charge in [0.15, 0.2) is 0 Å². The second-order valence-corrected chi connectivity index (χ2v) is 7.21. The Morgan fingerprint density at radius 3 is 2.92 bits per heavy atom. The van der Waals surface area contributed by atoms with E-state index < -0.39 is 11.7 Å². The topological polar surface area (TPSA) is 89.7 Å². The van der Waals surface area contributed by atoms with Gasteiger partial charge in [-0.2, -0.15) is 4.98 Å². The number of benzene rings is 1. The van der Waals surface area contributed by atoms with Crippen molar-refractivity contribution < 1.29 is 18.8 Å². The second kappa shape index (κ2) is 7.23. The van der Waals surface area contributed by atoms with Crippen LogP contribution in [-0.2, 0) is 4.74 Å². The Morgan fingerprint density at radius 1 is 1.38 bits per heavy atom. The zero-order valence-corrected chi connectivity index (χ0v) is 15.5. The van der Waals surface area contributed by atoms with Gasteiger partial charge in [-0.25, -0.2) is 4.79 Å². The van der Waals surface area contributed by atoms with E-state index in [9.17, 15) is 4.79 Å². The van der Waals surface area contributed by atoms with Gasteiger partial charge in [-0.05, 0) is 39.3 Å².